The van der Waals surface area contributed by atoms with Crippen LogP contribution in [0.2, 0.25) is 0 Å². The minimum absolute atomic E-state index is 0.792. The van der Waals surface area contributed by atoms with Gasteiger partial charge in [-0.05, 0) is 52.4 Å². The topological polar surface area (TPSA) is 0 Å². The molecule has 0 atom stereocenters. The Morgan fingerprint density at radius 2 is 0.581 bits per heavy atom. The molecule has 0 radical (unpaired) electrons. The van der Waals surface area contributed by atoms with E-state index in [4.69, 9.17) is 0 Å². The Balaban J connectivity index is 4.43. The fraction of sp³-hybridized carbons (Fsp3) is 1.00. The molecule has 0 amide bonds. The molecule has 0 fully saturated rings. The molecule has 0 aliphatic carbocycles. The highest BCUT2D eigenvalue weighted by molar-refractivity contribution is 4.56. The molecule has 0 heterocycles. The van der Waals surface area contributed by atoms with Crippen LogP contribution in [0.25, 0.3) is 0 Å². The van der Waals surface area contributed by atoms with Gasteiger partial charge in [0.15, 0.2) is 0 Å². The van der Waals surface area contributed by atoms with Crippen LogP contribution in [0.15, 0.2) is 0 Å². The lowest BCUT2D eigenvalue weighted by molar-refractivity contribution is -0.948. The van der Waals surface area contributed by atoms with Crippen molar-refractivity contribution >= 4 is 0 Å². The van der Waals surface area contributed by atoms with E-state index in [1.54, 1.807) is 0 Å². The number of rotatable bonds is 25. The Morgan fingerprint density at radius 1 is 0.355 bits per heavy atom. The fourth-order valence-corrected chi connectivity index (χ4v) is 5.26. The van der Waals surface area contributed by atoms with E-state index in [1.807, 2.05) is 0 Å². The van der Waals surface area contributed by atoms with Crippen LogP contribution in [0.3, 0.4) is 0 Å². The molecular weight excluding hydrogens is 374 g/mol. The number of hydrogen-bond donors (Lipinski definition) is 0. The van der Waals surface area contributed by atoms with Gasteiger partial charge in [-0.25, -0.2) is 0 Å². The lowest BCUT2D eigenvalue weighted by Crippen LogP contribution is -2.55. The first-order valence-electron chi connectivity index (χ1n) is 15.0. The van der Waals surface area contributed by atoms with Crippen LogP contribution in [0.4, 0.5) is 0 Å². The van der Waals surface area contributed by atoms with Gasteiger partial charge >= 0.3 is 0 Å². The molecule has 0 saturated heterocycles. The number of hydrogen-bond acceptors (Lipinski definition) is 0. The first kappa shape index (κ1) is 31.0. The van der Waals surface area contributed by atoms with Crippen molar-refractivity contribution in [2.45, 2.75) is 175 Å². The summed E-state index contributed by atoms with van der Waals surface area (Å²) in [7, 11) is 0. The van der Waals surface area contributed by atoms with Gasteiger partial charge in [-0.2, -0.15) is 0 Å². The standard InChI is InChI=1S/C30H64N/c1-6-9-12-15-18-21-24-27-31(30(4)5,28-25-22-19-16-13-10-7-2)29-26-23-20-17-14-11-8-3/h30H,6-29H2,1-5H3/q+1. The zero-order valence-electron chi connectivity index (χ0n) is 23.0. The largest absolute Gasteiger partial charge is 0.322 e. The summed E-state index contributed by atoms with van der Waals surface area (Å²) in [5.41, 5.74) is 0. The van der Waals surface area contributed by atoms with E-state index in [1.165, 1.54) is 159 Å². The van der Waals surface area contributed by atoms with Crippen LogP contribution in [0.1, 0.15) is 169 Å². The quantitative estimate of drug-likeness (QED) is 0.0981. The van der Waals surface area contributed by atoms with Gasteiger partial charge in [0.2, 0.25) is 0 Å². The lowest BCUT2D eigenvalue weighted by Gasteiger charge is -2.43. The van der Waals surface area contributed by atoms with E-state index in [9.17, 15) is 0 Å². The molecule has 0 aromatic rings. The zero-order valence-corrected chi connectivity index (χ0v) is 23.0. The van der Waals surface area contributed by atoms with E-state index in [2.05, 4.69) is 34.6 Å². The third kappa shape index (κ3) is 18.1. The van der Waals surface area contributed by atoms with Gasteiger partial charge in [-0.3, -0.25) is 0 Å². The van der Waals surface area contributed by atoms with E-state index in [0.29, 0.717) is 0 Å². The van der Waals surface area contributed by atoms with Gasteiger partial charge in [0.25, 0.3) is 0 Å². The fourth-order valence-electron chi connectivity index (χ4n) is 5.26. The highest BCUT2D eigenvalue weighted by Gasteiger charge is 2.29. The third-order valence-electron chi connectivity index (χ3n) is 7.72. The summed E-state index contributed by atoms with van der Waals surface area (Å²) in [5, 5.41) is 0. The van der Waals surface area contributed by atoms with Gasteiger partial charge in [-0.1, -0.05) is 117 Å². The third-order valence-corrected chi connectivity index (χ3v) is 7.72. The smallest absolute Gasteiger partial charge is 0.0833 e. The average Bonchev–Trinajstić information content (AvgIpc) is 2.76. The molecule has 0 rings (SSSR count). The molecule has 188 valence electrons. The Bertz CT molecular complexity index is 290. The molecule has 0 aliphatic rings. The second-order valence-electron chi connectivity index (χ2n) is 10.8. The van der Waals surface area contributed by atoms with Crippen molar-refractivity contribution < 1.29 is 4.48 Å². The van der Waals surface area contributed by atoms with Gasteiger partial charge < -0.3 is 4.48 Å². The summed E-state index contributed by atoms with van der Waals surface area (Å²) in [5.74, 6) is 0. The van der Waals surface area contributed by atoms with Crippen molar-refractivity contribution in [1.29, 1.82) is 0 Å². The van der Waals surface area contributed by atoms with Crippen LogP contribution in [-0.4, -0.2) is 30.2 Å². The Hall–Kier alpha value is -0.0400. The maximum absolute atomic E-state index is 2.52. The predicted molar refractivity (Wildman–Crippen MR) is 144 cm³/mol. The maximum atomic E-state index is 2.52. The number of unbranched alkanes of at least 4 members (excludes halogenated alkanes) is 18. The van der Waals surface area contributed by atoms with Crippen LogP contribution in [0.5, 0.6) is 0 Å². The molecule has 0 N–H and O–H groups in total. The molecule has 0 saturated carbocycles. The monoisotopic (exact) mass is 439 g/mol. The summed E-state index contributed by atoms with van der Waals surface area (Å²) in [4.78, 5) is 0. The van der Waals surface area contributed by atoms with Gasteiger partial charge in [-0.15, -0.1) is 0 Å². The summed E-state index contributed by atoms with van der Waals surface area (Å²) in [6.07, 6.45) is 30.3. The van der Waals surface area contributed by atoms with Crippen LogP contribution < -0.4 is 0 Å². The van der Waals surface area contributed by atoms with Gasteiger partial charge in [0.05, 0.1) is 25.7 Å². The second-order valence-corrected chi connectivity index (χ2v) is 10.8. The lowest BCUT2D eigenvalue weighted by atomic mass is 10.0. The summed E-state index contributed by atoms with van der Waals surface area (Å²) in [6, 6.07) is 0.792. The Kier molecular flexibility index (Phi) is 23.1. The summed E-state index contributed by atoms with van der Waals surface area (Å²) < 4.78 is 1.42. The minimum Gasteiger partial charge on any atom is -0.322 e. The second kappa shape index (κ2) is 23.1. The molecule has 0 aromatic carbocycles. The predicted octanol–water partition coefficient (Wildman–Crippen LogP) is 10.5. The number of quaternary nitrogens is 1. The van der Waals surface area contributed by atoms with Crippen molar-refractivity contribution in [1.82, 2.24) is 0 Å². The van der Waals surface area contributed by atoms with Crippen molar-refractivity contribution in [2.75, 3.05) is 19.6 Å². The average molecular weight is 439 g/mol. The summed E-state index contributed by atoms with van der Waals surface area (Å²) in [6.45, 7) is 16.3. The molecule has 0 bridgehead atoms. The molecular formula is C30H64N+. The maximum Gasteiger partial charge on any atom is 0.0833 e. The molecule has 31 heavy (non-hydrogen) atoms. The molecule has 0 spiro atoms. The van der Waals surface area contributed by atoms with E-state index in [0.717, 1.165) is 6.04 Å². The van der Waals surface area contributed by atoms with E-state index in [-0.39, 0.29) is 0 Å². The van der Waals surface area contributed by atoms with Crippen LogP contribution >= 0.6 is 0 Å². The van der Waals surface area contributed by atoms with Gasteiger partial charge in [0.1, 0.15) is 0 Å². The zero-order chi connectivity index (χ0) is 23.0. The normalized spacial score (nSPS) is 12.2. The first-order valence-corrected chi connectivity index (χ1v) is 15.0. The van der Waals surface area contributed by atoms with Crippen LogP contribution in [-0.2, 0) is 0 Å². The minimum atomic E-state index is 0.792. The number of nitrogens with zero attached hydrogens (tertiary/aromatic N) is 1. The SMILES string of the molecule is CCCCCCCCC[N+](CCCCCCCCC)(CCCCCCCCC)C(C)C. The Morgan fingerprint density at radius 3 is 0.806 bits per heavy atom. The van der Waals surface area contributed by atoms with Crippen LogP contribution in [0, 0.1) is 0 Å². The molecule has 1 heteroatoms. The summed E-state index contributed by atoms with van der Waals surface area (Å²) >= 11 is 0. The van der Waals surface area contributed by atoms with Crippen molar-refractivity contribution in [3.63, 3.8) is 0 Å². The van der Waals surface area contributed by atoms with E-state index < -0.39 is 0 Å². The molecule has 1 nitrogen and oxygen atoms in total. The Labute approximate surface area is 199 Å². The molecule has 0 aliphatic heterocycles. The highest BCUT2D eigenvalue weighted by atomic mass is 15.4. The first-order chi connectivity index (χ1) is 15.1. The van der Waals surface area contributed by atoms with Crippen molar-refractivity contribution in [3.05, 3.63) is 0 Å². The van der Waals surface area contributed by atoms with Crippen molar-refractivity contribution in [2.24, 2.45) is 0 Å². The highest BCUT2D eigenvalue weighted by Crippen LogP contribution is 2.22. The molecule has 0 aromatic heterocycles. The van der Waals surface area contributed by atoms with Crippen molar-refractivity contribution in [3.8, 4) is 0 Å². The molecule has 0 unspecified atom stereocenters. The van der Waals surface area contributed by atoms with Gasteiger partial charge in [0, 0.05) is 0 Å². The van der Waals surface area contributed by atoms with E-state index >= 15 is 0 Å².